The first kappa shape index (κ1) is 11.6. The van der Waals surface area contributed by atoms with Crippen LogP contribution in [0.5, 0.6) is 0 Å². The normalized spacial score (nSPS) is 13.0. The lowest BCUT2D eigenvalue weighted by Gasteiger charge is -2.14. The highest BCUT2D eigenvalue weighted by atomic mass is 15.3. The molecule has 0 bridgehead atoms. The Hall–Kier alpha value is -1.52. The molecule has 1 heterocycles. The van der Waals surface area contributed by atoms with E-state index in [9.17, 15) is 0 Å². The van der Waals surface area contributed by atoms with Gasteiger partial charge in [-0.05, 0) is 27.7 Å². The molecule has 0 fully saturated rings. The summed E-state index contributed by atoms with van der Waals surface area (Å²) < 4.78 is 1.74. The SMILES string of the molecule is Cc1nn(C)cc1NC(N)=NC(C)(C)C. The van der Waals surface area contributed by atoms with E-state index in [-0.39, 0.29) is 5.54 Å². The van der Waals surface area contributed by atoms with Crippen LogP contribution in [0, 0.1) is 6.92 Å². The van der Waals surface area contributed by atoms with E-state index < -0.39 is 0 Å². The topological polar surface area (TPSA) is 68.2 Å². The molecule has 84 valence electrons. The maximum Gasteiger partial charge on any atom is 0.193 e. The zero-order valence-corrected chi connectivity index (χ0v) is 10.00. The molecule has 0 aliphatic heterocycles. The van der Waals surface area contributed by atoms with Crippen molar-refractivity contribution in [2.24, 2.45) is 17.8 Å². The van der Waals surface area contributed by atoms with Crippen molar-refractivity contribution in [3.05, 3.63) is 11.9 Å². The van der Waals surface area contributed by atoms with Crippen LogP contribution in [0.1, 0.15) is 26.5 Å². The number of anilines is 1. The van der Waals surface area contributed by atoms with Crippen molar-refractivity contribution < 1.29 is 0 Å². The molecule has 0 aliphatic carbocycles. The van der Waals surface area contributed by atoms with Crippen LogP contribution in [0.2, 0.25) is 0 Å². The molecule has 0 spiro atoms. The van der Waals surface area contributed by atoms with E-state index >= 15 is 0 Å². The van der Waals surface area contributed by atoms with Crippen LogP contribution in [0.15, 0.2) is 11.2 Å². The third-order valence-corrected chi connectivity index (χ3v) is 1.73. The van der Waals surface area contributed by atoms with E-state index in [1.807, 2.05) is 40.9 Å². The predicted molar refractivity (Wildman–Crippen MR) is 62.9 cm³/mol. The highest BCUT2D eigenvalue weighted by molar-refractivity contribution is 5.92. The summed E-state index contributed by atoms with van der Waals surface area (Å²) in [5.74, 6) is 0.415. The monoisotopic (exact) mass is 209 g/mol. The quantitative estimate of drug-likeness (QED) is 0.540. The number of nitrogens with two attached hydrogens (primary N) is 1. The Labute approximate surface area is 90.4 Å². The molecule has 0 aliphatic rings. The Morgan fingerprint density at radius 1 is 1.53 bits per heavy atom. The van der Waals surface area contributed by atoms with Crippen LogP contribution in [0.3, 0.4) is 0 Å². The van der Waals surface area contributed by atoms with Gasteiger partial charge in [0.25, 0.3) is 0 Å². The first-order valence-corrected chi connectivity index (χ1v) is 4.90. The van der Waals surface area contributed by atoms with Gasteiger partial charge >= 0.3 is 0 Å². The molecule has 5 heteroatoms. The standard InChI is InChI=1S/C10H19N5/c1-7-8(6-15(5)14-7)12-9(11)13-10(2,3)4/h6H,1-5H3,(H3,11,12,13). The first-order valence-electron chi connectivity index (χ1n) is 4.90. The maximum absolute atomic E-state index is 5.77. The molecule has 0 atom stereocenters. The highest BCUT2D eigenvalue weighted by Crippen LogP contribution is 2.12. The van der Waals surface area contributed by atoms with Crippen molar-refractivity contribution >= 4 is 11.6 Å². The summed E-state index contributed by atoms with van der Waals surface area (Å²) in [5, 5.41) is 7.24. The van der Waals surface area contributed by atoms with E-state index in [1.54, 1.807) is 4.68 Å². The third kappa shape index (κ3) is 3.61. The summed E-state index contributed by atoms with van der Waals surface area (Å²) >= 11 is 0. The summed E-state index contributed by atoms with van der Waals surface area (Å²) in [7, 11) is 1.87. The fourth-order valence-electron chi connectivity index (χ4n) is 1.25. The van der Waals surface area contributed by atoms with Crippen LogP contribution < -0.4 is 11.1 Å². The fourth-order valence-corrected chi connectivity index (χ4v) is 1.25. The van der Waals surface area contributed by atoms with Crippen LogP contribution in [-0.2, 0) is 7.05 Å². The number of aliphatic imine (C=N–C) groups is 1. The van der Waals surface area contributed by atoms with Gasteiger partial charge in [-0.1, -0.05) is 0 Å². The van der Waals surface area contributed by atoms with Gasteiger partial charge in [0.1, 0.15) is 0 Å². The molecule has 3 N–H and O–H groups in total. The Bertz CT molecular complexity index is 370. The summed E-state index contributed by atoms with van der Waals surface area (Å²) in [6, 6.07) is 0. The molecular weight excluding hydrogens is 190 g/mol. The summed E-state index contributed by atoms with van der Waals surface area (Å²) in [4.78, 5) is 4.30. The van der Waals surface area contributed by atoms with Gasteiger partial charge in [-0.15, -0.1) is 0 Å². The van der Waals surface area contributed by atoms with Crippen molar-refractivity contribution in [2.75, 3.05) is 5.32 Å². The summed E-state index contributed by atoms with van der Waals surface area (Å²) in [6.07, 6.45) is 1.88. The lowest BCUT2D eigenvalue weighted by molar-refractivity contribution is 0.583. The molecule has 15 heavy (non-hydrogen) atoms. The van der Waals surface area contributed by atoms with E-state index in [4.69, 9.17) is 5.73 Å². The molecule has 1 aromatic rings. The van der Waals surface area contributed by atoms with Gasteiger partial charge in [0.2, 0.25) is 0 Å². The Morgan fingerprint density at radius 3 is 2.53 bits per heavy atom. The molecule has 0 saturated carbocycles. The predicted octanol–water partition coefficient (Wildman–Crippen LogP) is 1.25. The molecule has 0 unspecified atom stereocenters. The van der Waals surface area contributed by atoms with Gasteiger partial charge in [0.15, 0.2) is 5.96 Å². The Balaban J connectivity index is 2.79. The van der Waals surface area contributed by atoms with Crippen molar-refractivity contribution in [1.82, 2.24) is 9.78 Å². The second kappa shape index (κ2) is 3.92. The third-order valence-electron chi connectivity index (χ3n) is 1.73. The van der Waals surface area contributed by atoms with Gasteiger partial charge in [0.05, 0.1) is 16.9 Å². The fraction of sp³-hybridized carbons (Fsp3) is 0.600. The number of nitrogens with one attached hydrogen (secondary N) is 1. The lowest BCUT2D eigenvalue weighted by Crippen LogP contribution is -2.27. The zero-order valence-electron chi connectivity index (χ0n) is 10.00. The number of rotatable bonds is 1. The first-order chi connectivity index (χ1) is 6.78. The van der Waals surface area contributed by atoms with Crippen LogP contribution >= 0.6 is 0 Å². The molecule has 0 saturated heterocycles. The zero-order chi connectivity index (χ0) is 11.6. The number of hydrogen-bond donors (Lipinski definition) is 2. The average molecular weight is 209 g/mol. The highest BCUT2D eigenvalue weighted by Gasteiger charge is 2.09. The number of aryl methyl sites for hydroxylation is 2. The van der Waals surface area contributed by atoms with E-state index in [1.165, 1.54) is 0 Å². The minimum atomic E-state index is -0.173. The molecule has 0 radical (unpaired) electrons. The van der Waals surface area contributed by atoms with Gasteiger partial charge < -0.3 is 11.1 Å². The molecule has 0 aromatic carbocycles. The van der Waals surface area contributed by atoms with Crippen LogP contribution in [-0.4, -0.2) is 21.3 Å². The average Bonchev–Trinajstić information content (AvgIpc) is 2.25. The molecular formula is C10H19N5. The maximum atomic E-state index is 5.77. The van der Waals surface area contributed by atoms with E-state index in [0.29, 0.717) is 5.96 Å². The van der Waals surface area contributed by atoms with Crippen LogP contribution in [0.4, 0.5) is 5.69 Å². The summed E-state index contributed by atoms with van der Waals surface area (Å²) in [6.45, 7) is 7.92. The van der Waals surface area contributed by atoms with Crippen molar-refractivity contribution in [3.8, 4) is 0 Å². The van der Waals surface area contributed by atoms with Gasteiger partial charge in [0, 0.05) is 13.2 Å². The second-order valence-electron chi connectivity index (χ2n) is 4.59. The number of guanidine groups is 1. The van der Waals surface area contributed by atoms with Gasteiger partial charge in [-0.25, -0.2) is 4.99 Å². The molecule has 1 aromatic heterocycles. The summed E-state index contributed by atoms with van der Waals surface area (Å²) in [5.41, 5.74) is 7.40. The van der Waals surface area contributed by atoms with Crippen molar-refractivity contribution in [2.45, 2.75) is 33.2 Å². The number of hydrogen-bond acceptors (Lipinski definition) is 2. The Kier molecular flexibility index (Phi) is 3.02. The minimum absolute atomic E-state index is 0.173. The number of aromatic nitrogens is 2. The van der Waals surface area contributed by atoms with Gasteiger partial charge in [-0.3, -0.25) is 4.68 Å². The smallest absolute Gasteiger partial charge is 0.193 e. The molecule has 0 amide bonds. The largest absolute Gasteiger partial charge is 0.370 e. The second-order valence-corrected chi connectivity index (χ2v) is 4.59. The van der Waals surface area contributed by atoms with E-state index in [0.717, 1.165) is 11.4 Å². The lowest BCUT2D eigenvalue weighted by atomic mass is 10.1. The van der Waals surface area contributed by atoms with Gasteiger partial charge in [-0.2, -0.15) is 5.10 Å². The Morgan fingerprint density at radius 2 is 2.13 bits per heavy atom. The number of nitrogens with zero attached hydrogens (tertiary/aromatic N) is 3. The van der Waals surface area contributed by atoms with Crippen LogP contribution in [0.25, 0.3) is 0 Å². The minimum Gasteiger partial charge on any atom is -0.370 e. The van der Waals surface area contributed by atoms with E-state index in [2.05, 4.69) is 15.4 Å². The van der Waals surface area contributed by atoms with Crippen molar-refractivity contribution in [1.29, 1.82) is 0 Å². The van der Waals surface area contributed by atoms with Crippen molar-refractivity contribution in [3.63, 3.8) is 0 Å². The molecule has 1 rings (SSSR count). The molecule has 5 nitrogen and oxygen atoms in total.